The maximum absolute atomic E-state index is 11.0. The van der Waals surface area contributed by atoms with Crippen molar-refractivity contribution in [3.05, 3.63) is 28.2 Å². The lowest BCUT2D eigenvalue weighted by molar-refractivity contribution is -0.119. The highest BCUT2D eigenvalue weighted by atomic mass is 79.9. The molecule has 0 spiro atoms. The fourth-order valence-corrected chi connectivity index (χ4v) is 2.24. The molecule has 1 heterocycles. The molecule has 0 aromatic heterocycles. The summed E-state index contributed by atoms with van der Waals surface area (Å²) in [6, 6.07) is 6.07. The van der Waals surface area contributed by atoms with Crippen molar-refractivity contribution in [3.63, 3.8) is 0 Å². The SMILES string of the molecule is Cc1cc(Br)ccc1OC[C@H]1CCC(=O)N1. The van der Waals surface area contributed by atoms with Crippen molar-refractivity contribution in [3.8, 4) is 5.75 Å². The predicted octanol–water partition coefficient (Wildman–Crippen LogP) is 2.41. The van der Waals surface area contributed by atoms with E-state index in [1.807, 2.05) is 25.1 Å². The Kier molecular flexibility index (Phi) is 3.49. The molecular formula is C12H14BrNO2. The van der Waals surface area contributed by atoms with E-state index in [0.29, 0.717) is 13.0 Å². The molecule has 0 aliphatic carbocycles. The molecule has 1 N–H and O–H groups in total. The average molecular weight is 284 g/mol. The molecule has 2 rings (SSSR count). The number of ether oxygens (including phenoxy) is 1. The Morgan fingerprint density at radius 2 is 2.38 bits per heavy atom. The number of benzene rings is 1. The first-order valence-corrected chi connectivity index (χ1v) is 6.13. The molecule has 0 unspecified atom stereocenters. The highest BCUT2D eigenvalue weighted by Crippen LogP contribution is 2.22. The molecule has 0 radical (unpaired) electrons. The van der Waals surface area contributed by atoms with Crippen molar-refractivity contribution < 1.29 is 9.53 Å². The first-order valence-electron chi connectivity index (χ1n) is 5.33. The number of nitrogens with one attached hydrogen (secondary N) is 1. The molecule has 1 aromatic carbocycles. The first-order chi connectivity index (χ1) is 7.65. The Bertz CT molecular complexity index is 406. The zero-order valence-corrected chi connectivity index (χ0v) is 10.7. The number of hydrogen-bond acceptors (Lipinski definition) is 2. The van der Waals surface area contributed by atoms with Gasteiger partial charge in [-0.3, -0.25) is 4.79 Å². The largest absolute Gasteiger partial charge is 0.491 e. The minimum Gasteiger partial charge on any atom is -0.491 e. The topological polar surface area (TPSA) is 38.3 Å². The van der Waals surface area contributed by atoms with Gasteiger partial charge in [0.15, 0.2) is 0 Å². The summed E-state index contributed by atoms with van der Waals surface area (Å²) in [4.78, 5) is 11.0. The van der Waals surface area contributed by atoms with Gasteiger partial charge in [-0.15, -0.1) is 0 Å². The van der Waals surface area contributed by atoms with Crippen LogP contribution in [0, 0.1) is 6.92 Å². The van der Waals surface area contributed by atoms with Crippen LogP contribution < -0.4 is 10.1 Å². The Balaban J connectivity index is 1.92. The van der Waals surface area contributed by atoms with Crippen LogP contribution in [-0.4, -0.2) is 18.6 Å². The summed E-state index contributed by atoms with van der Waals surface area (Å²) >= 11 is 3.41. The second kappa shape index (κ2) is 4.87. The van der Waals surface area contributed by atoms with E-state index in [1.165, 1.54) is 0 Å². The van der Waals surface area contributed by atoms with E-state index < -0.39 is 0 Å². The van der Waals surface area contributed by atoms with Crippen molar-refractivity contribution in [1.29, 1.82) is 0 Å². The van der Waals surface area contributed by atoms with Crippen LogP contribution in [0.1, 0.15) is 18.4 Å². The van der Waals surface area contributed by atoms with Crippen LogP contribution in [0.2, 0.25) is 0 Å². The van der Waals surface area contributed by atoms with Gasteiger partial charge in [0.2, 0.25) is 5.91 Å². The second-order valence-electron chi connectivity index (χ2n) is 4.02. The van der Waals surface area contributed by atoms with E-state index in [4.69, 9.17) is 4.74 Å². The van der Waals surface area contributed by atoms with Crippen LogP contribution in [0.3, 0.4) is 0 Å². The molecule has 1 aliphatic heterocycles. The van der Waals surface area contributed by atoms with Crippen molar-refractivity contribution in [2.45, 2.75) is 25.8 Å². The maximum atomic E-state index is 11.0. The Labute approximate surface area is 103 Å². The van der Waals surface area contributed by atoms with Gasteiger partial charge in [0.05, 0.1) is 6.04 Å². The van der Waals surface area contributed by atoms with Gasteiger partial charge >= 0.3 is 0 Å². The molecule has 1 fully saturated rings. The lowest BCUT2D eigenvalue weighted by Crippen LogP contribution is -2.30. The summed E-state index contributed by atoms with van der Waals surface area (Å²) in [7, 11) is 0. The standard InChI is InChI=1S/C12H14BrNO2/c1-8-6-9(13)2-4-11(8)16-7-10-3-5-12(15)14-10/h2,4,6,10H,3,5,7H2,1H3,(H,14,15)/t10-/m1/s1. The summed E-state index contributed by atoms with van der Waals surface area (Å²) in [6.07, 6.45) is 1.49. The summed E-state index contributed by atoms with van der Waals surface area (Å²) < 4.78 is 6.74. The summed E-state index contributed by atoms with van der Waals surface area (Å²) in [5.41, 5.74) is 1.10. The highest BCUT2D eigenvalue weighted by molar-refractivity contribution is 9.10. The number of halogens is 1. The number of aryl methyl sites for hydroxylation is 1. The van der Waals surface area contributed by atoms with Crippen molar-refractivity contribution >= 4 is 21.8 Å². The van der Waals surface area contributed by atoms with Crippen molar-refractivity contribution in [1.82, 2.24) is 5.32 Å². The third kappa shape index (κ3) is 2.76. The van der Waals surface area contributed by atoms with Crippen LogP contribution in [0.5, 0.6) is 5.75 Å². The summed E-state index contributed by atoms with van der Waals surface area (Å²) in [5, 5.41) is 2.88. The number of hydrogen-bond donors (Lipinski definition) is 1. The van der Waals surface area contributed by atoms with Crippen molar-refractivity contribution in [2.24, 2.45) is 0 Å². The predicted molar refractivity (Wildman–Crippen MR) is 65.5 cm³/mol. The first kappa shape index (κ1) is 11.5. The number of amides is 1. The minimum absolute atomic E-state index is 0.126. The van der Waals surface area contributed by atoms with Gasteiger partial charge in [-0.25, -0.2) is 0 Å². The molecule has 1 saturated heterocycles. The number of carbonyl (C=O) groups is 1. The molecule has 0 bridgehead atoms. The van der Waals surface area contributed by atoms with Gasteiger partial charge in [-0.2, -0.15) is 0 Å². The quantitative estimate of drug-likeness (QED) is 0.925. The van der Waals surface area contributed by atoms with Gasteiger partial charge in [-0.1, -0.05) is 15.9 Å². The minimum atomic E-state index is 0.126. The number of rotatable bonds is 3. The lowest BCUT2D eigenvalue weighted by Gasteiger charge is -2.13. The van der Waals surface area contributed by atoms with E-state index in [1.54, 1.807) is 0 Å². The van der Waals surface area contributed by atoms with Crippen LogP contribution in [0.25, 0.3) is 0 Å². The van der Waals surface area contributed by atoms with E-state index in [2.05, 4.69) is 21.2 Å². The lowest BCUT2D eigenvalue weighted by atomic mass is 10.2. The van der Waals surface area contributed by atoms with Gasteiger partial charge in [-0.05, 0) is 37.1 Å². The Morgan fingerprint density at radius 1 is 1.56 bits per heavy atom. The summed E-state index contributed by atoms with van der Waals surface area (Å²) in [6.45, 7) is 2.56. The molecule has 1 aromatic rings. The molecule has 4 heteroatoms. The normalized spacial score (nSPS) is 19.6. The van der Waals surface area contributed by atoms with E-state index in [-0.39, 0.29) is 11.9 Å². The molecule has 1 amide bonds. The van der Waals surface area contributed by atoms with Gasteiger partial charge < -0.3 is 10.1 Å². The Hall–Kier alpha value is -1.03. The molecule has 16 heavy (non-hydrogen) atoms. The fraction of sp³-hybridized carbons (Fsp3) is 0.417. The smallest absolute Gasteiger partial charge is 0.220 e. The van der Waals surface area contributed by atoms with Crippen LogP contribution >= 0.6 is 15.9 Å². The molecule has 0 saturated carbocycles. The van der Waals surface area contributed by atoms with E-state index in [0.717, 1.165) is 22.2 Å². The average Bonchev–Trinajstić information content (AvgIpc) is 2.63. The Morgan fingerprint density at radius 3 is 3.00 bits per heavy atom. The molecule has 86 valence electrons. The van der Waals surface area contributed by atoms with E-state index >= 15 is 0 Å². The molecule has 1 atom stereocenters. The highest BCUT2D eigenvalue weighted by Gasteiger charge is 2.21. The summed E-state index contributed by atoms with van der Waals surface area (Å²) in [5.74, 6) is 1.01. The third-order valence-corrected chi connectivity index (χ3v) is 3.16. The fourth-order valence-electron chi connectivity index (χ4n) is 1.77. The van der Waals surface area contributed by atoms with Crippen LogP contribution in [-0.2, 0) is 4.79 Å². The van der Waals surface area contributed by atoms with Crippen LogP contribution in [0.4, 0.5) is 0 Å². The van der Waals surface area contributed by atoms with Gasteiger partial charge in [0.1, 0.15) is 12.4 Å². The van der Waals surface area contributed by atoms with E-state index in [9.17, 15) is 4.79 Å². The van der Waals surface area contributed by atoms with Gasteiger partial charge in [0.25, 0.3) is 0 Å². The molecule has 3 nitrogen and oxygen atoms in total. The number of carbonyl (C=O) groups excluding carboxylic acids is 1. The third-order valence-electron chi connectivity index (χ3n) is 2.66. The second-order valence-corrected chi connectivity index (χ2v) is 4.94. The van der Waals surface area contributed by atoms with Gasteiger partial charge in [0, 0.05) is 10.9 Å². The monoisotopic (exact) mass is 283 g/mol. The molecule has 1 aliphatic rings. The molecular weight excluding hydrogens is 270 g/mol. The van der Waals surface area contributed by atoms with Crippen molar-refractivity contribution in [2.75, 3.05) is 6.61 Å². The zero-order chi connectivity index (χ0) is 11.5. The van der Waals surface area contributed by atoms with Crippen LogP contribution in [0.15, 0.2) is 22.7 Å². The maximum Gasteiger partial charge on any atom is 0.220 e. The zero-order valence-electron chi connectivity index (χ0n) is 9.13.